The summed E-state index contributed by atoms with van der Waals surface area (Å²) in [5, 5.41) is 6.90. The quantitative estimate of drug-likeness (QED) is 0.815. The maximum Gasteiger partial charge on any atom is 0.314 e. The zero-order chi connectivity index (χ0) is 16.6. The normalized spacial score (nSPS) is 33.5. The summed E-state index contributed by atoms with van der Waals surface area (Å²) in [6, 6.07) is 7.80. The van der Waals surface area contributed by atoms with Crippen LogP contribution >= 0.6 is 11.6 Å². The monoisotopic (exact) mass is 346 g/mol. The molecule has 1 aromatic carbocycles. The molecule has 4 fully saturated rings. The molecule has 3 nitrogen and oxygen atoms in total. The van der Waals surface area contributed by atoms with Gasteiger partial charge in [0.05, 0.1) is 0 Å². The summed E-state index contributed by atoms with van der Waals surface area (Å²) < 4.78 is 0. The van der Waals surface area contributed by atoms with Gasteiger partial charge in [-0.05, 0) is 85.8 Å². The van der Waals surface area contributed by atoms with Crippen LogP contribution in [0.25, 0.3) is 0 Å². The van der Waals surface area contributed by atoms with Crippen molar-refractivity contribution in [3.05, 3.63) is 34.9 Å². The van der Waals surface area contributed by atoms with E-state index in [4.69, 9.17) is 11.6 Å². The number of hydrogen-bond acceptors (Lipinski definition) is 1. The van der Waals surface area contributed by atoms with Crippen LogP contribution in [0.2, 0.25) is 5.02 Å². The lowest BCUT2D eigenvalue weighted by Crippen LogP contribution is -2.52. The van der Waals surface area contributed by atoms with Crippen molar-refractivity contribution in [3.63, 3.8) is 0 Å². The molecule has 4 aliphatic rings. The number of urea groups is 1. The van der Waals surface area contributed by atoms with Gasteiger partial charge >= 0.3 is 6.03 Å². The minimum absolute atomic E-state index is 0.0206. The second-order valence-corrected chi connectivity index (χ2v) is 8.84. The average molecular weight is 347 g/mol. The van der Waals surface area contributed by atoms with E-state index in [1.165, 1.54) is 38.5 Å². The minimum Gasteiger partial charge on any atom is -0.338 e. The first-order valence-electron chi connectivity index (χ1n) is 9.36. The third kappa shape index (κ3) is 3.56. The highest BCUT2D eigenvalue weighted by Gasteiger charge is 2.50. The molecule has 4 bridgehead atoms. The van der Waals surface area contributed by atoms with Crippen molar-refractivity contribution in [1.29, 1.82) is 0 Å². The van der Waals surface area contributed by atoms with Crippen molar-refractivity contribution >= 4 is 17.6 Å². The number of hydrogen-bond donors (Lipinski definition) is 2. The molecule has 4 aliphatic carbocycles. The first-order valence-corrected chi connectivity index (χ1v) is 9.74. The fourth-order valence-corrected chi connectivity index (χ4v) is 6.06. The highest BCUT2D eigenvalue weighted by atomic mass is 35.5. The van der Waals surface area contributed by atoms with Gasteiger partial charge in [0.15, 0.2) is 0 Å². The predicted octanol–water partition coefficient (Wildman–Crippen LogP) is 4.40. The van der Waals surface area contributed by atoms with Crippen LogP contribution < -0.4 is 10.6 Å². The maximum atomic E-state index is 12.1. The molecule has 0 aromatic heterocycles. The number of amides is 2. The molecular weight excluding hydrogens is 320 g/mol. The lowest BCUT2D eigenvalue weighted by Gasteiger charge is -2.56. The van der Waals surface area contributed by atoms with Gasteiger partial charge in [-0.25, -0.2) is 4.79 Å². The summed E-state index contributed by atoms with van der Waals surface area (Å²) in [6.45, 7) is 1.51. The van der Waals surface area contributed by atoms with Gasteiger partial charge in [-0.15, -0.1) is 0 Å². The number of rotatable bonds is 5. The molecule has 0 radical (unpaired) electrons. The van der Waals surface area contributed by atoms with Gasteiger partial charge in [0.25, 0.3) is 0 Å². The molecule has 0 heterocycles. The molecule has 5 rings (SSSR count). The van der Waals surface area contributed by atoms with Gasteiger partial charge in [-0.1, -0.05) is 23.7 Å². The molecule has 0 aliphatic heterocycles. The minimum atomic E-state index is -0.0206. The Bertz CT molecular complexity index is 580. The van der Waals surface area contributed by atoms with Crippen LogP contribution in [-0.2, 0) is 6.42 Å². The summed E-state index contributed by atoms with van der Waals surface area (Å²) >= 11 is 5.99. The van der Waals surface area contributed by atoms with Gasteiger partial charge in [0, 0.05) is 18.1 Å². The molecule has 2 amide bonds. The summed E-state index contributed by atoms with van der Waals surface area (Å²) in [5.41, 5.74) is 1.56. The highest BCUT2D eigenvalue weighted by molar-refractivity contribution is 6.30. The molecule has 24 heavy (non-hydrogen) atoms. The van der Waals surface area contributed by atoms with Crippen molar-refractivity contribution in [2.45, 2.75) is 44.9 Å². The van der Waals surface area contributed by atoms with Crippen LogP contribution in [0.3, 0.4) is 0 Å². The second-order valence-electron chi connectivity index (χ2n) is 8.41. The van der Waals surface area contributed by atoms with Gasteiger partial charge in [0.2, 0.25) is 0 Å². The molecule has 0 atom stereocenters. The third-order valence-corrected chi connectivity index (χ3v) is 6.61. The zero-order valence-corrected chi connectivity index (χ0v) is 14.9. The first kappa shape index (κ1) is 16.3. The Morgan fingerprint density at radius 3 is 2.38 bits per heavy atom. The third-order valence-electron chi connectivity index (χ3n) is 6.38. The fourth-order valence-electron chi connectivity index (χ4n) is 5.85. The van der Waals surface area contributed by atoms with E-state index >= 15 is 0 Å². The van der Waals surface area contributed by atoms with Crippen molar-refractivity contribution < 1.29 is 4.79 Å². The van der Waals surface area contributed by atoms with Crippen molar-refractivity contribution in [3.8, 4) is 0 Å². The predicted molar refractivity (Wildman–Crippen MR) is 97.2 cm³/mol. The van der Waals surface area contributed by atoms with E-state index in [2.05, 4.69) is 10.6 Å². The Balaban J connectivity index is 1.22. The summed E-state index contributed by atoms with van der Waals surface area (Å²) in [5.74, 6) is 2.80. The Morgan fingerprint density at radius 1 is 1.08 bits per heavy atom. The van der Waals surface area contributed by atoms with Gasteiger partial charge in [0.1, 0.15) is 0 Å². The number of nitrogens with one attached hydrogen (secondary N) is 2. The van der Waals surface area contributed by atoms with Gasteiger partial charge < -0.3 is 10.6 Å². The Kier molecular flexibility index (Phi) is 4.46. The van der Waals surface area contributed by atoms with E-state index in [0.717, 1.165) is 41.3 Å². The Morgan fingerprint density at radius 2 is 1.75 bits per heavy atom. The molecular formula is C20H27ClN2O. The average Bonchev–Trinajstić information content (AvgIpc) is 2.52. The zero-order valence-electron chi connectivity index (χ0n) is 14.2. The fraction of sp³-hybridized carbons (Fsp3) is 0.650. The maximum absolute atomic E-state index is 12.1. The number of benzene rings is 1. The van der Waals surface area contributed by atoms with E-state index in [-0.39, 0.29) is 6.03 Å². The molecule has 4 saturated carbocycles. The Hall–Kier alpha value is -1.22. The van der Waals surface area contributed by atoms with Crippen LogP contribution in [0.4, 0.5) is 4.79 Å². The van der Waals surface area contributed by atoms with Crippen LogP contribution in [0.1, 0.15) is 44.1 Å². The van der Waals surface area contributed by atoms with Crippen LogP contribution in [-0.4, -0.2) is 19.1 Å². The van der Waals surface area contributed by atoms with E-state index in [1.807, 2.05) is 24.3 Å². The first-order chi connectivity index (χ1) is 11.6. The largest absolute Gasteiger partial charge is 0.338 e. The molecule has 2 N–H and O–H groups in total. The lowest BCUT2D eigenvalue weighted by molar-refractivity contribution is -0.0498. The molecule has 1 aromatic rings. The molecule has 0 unspecified atom stereocenters. The highest BCUT2D eigenvalue weighted by Crippen LogP contribution is 2.59. The van der Waals surface area contributed by atoms with Crippen molar-refractivity contribution in [2.75, 3.05) is 13.1 Å². The smallest absolute Gasteiger partial charge is 0.314 e. The molecule has 130 valence electrons. The summed E-state index contributed by atoms with van der Waals surface area (Å²) in [6.07, 6.45) is 9.16. The summed E-state index contributed by atoms with van der Waals surface area (Å²) in [4.78, 5) is 12.1. The van der Waals surface area contributed by atoms with E-state index in [9.17, 15) is 4.79 Å². The van der Waals surface area contributed by atoms with Crippen molar-refractivity contribution in [2.24, 2.45) is 23.2 Å². The van der Waals surface area contributed by atoms with Gasteiger partial charge in [-0.2, -0.15) is 0 Å². The standard InChI is InChI=1S/C20H27ClN2O/c21-18-3-1-2-14(9-18)4-5-22-19(24)23-13-20-10-15-6-16(11-20)8-17(7-15)12-20/h1-3,9,15-17H,4-8,10-13H2,(H2,22,23,24). The van der Waals surface area contributed by atoms with Crippen LogP contribution in [0.5, 0.6) is 0 Å². The van der Waals surface area contributed by atoms with Crippen LogP contribution in [0.15, 0.2) is 24.3 Å². The van der Waals surface area contributed by atoms with E-state index in [0.29, 0.717) is 12.0 Å². The number of halogens is 1. The Labute approximate surface area is 149 Å². The second kappa shape index (κ2) is 6.59. The molecule has 0 saturated heterocycles. The number of carbonyl (C=O) groups excluding carboxylic acids is 1. The molecule has 4 heteroatoms. The SMILES string of the molecule is O=C(NCCc1cccc(Cl)c1)NCC12CC3CC(CC(C3)C1)C2. The van der Waals surface area contributed by atoms with E-state index in [1.54, 1.807) is 0 Å². The van der Waals surface area contributed by atoms with Crippen LogP contribution in [0, 0.1) is 23.2 Å². The van der Waals surface area contributed by atoms with E-state index < -0.39 is 0 Å². The topological polar surface area (TPSA) is 41.1 Å². The summed E-state index contributed by atoms with van der Waals surface area (Å²) in [7, 11) is 0. The van der Waals surface area contributed by atoms with Crippen molar-refractivity contribution in [1.82, 2.24) is 10.6 Å². The lowest BCUT2D eigenvalue weighted by atomic mass is 9.49. The number of carbonyl (C=O) groups is 1. The van der Waals surface area contributed by atoms with Gasteiger partial charge in [-0.3, -0.25) is 0 Å². The molecule has 0 spiro atoms.